The number of thioether (sulfide) groups is 1. The van der Waals surface area contributed by atoms with Crippen LogP contribution in [0.5, 0.6) is 5.75 Å². The molecule has 2 aromatic carbocycles. The molecule has 0 unspecified atom stereocenters. The number of benzene rings is 2. The first kappa shape index (κ1) is 20.7. The van der Waals surface area contributed by atoms with Crippen LogP contribution < -0.4 is 10.1 Å². The summed E-state index contributed by atoms with van der Waals surface area (Å²) >= 11 is 0.910. The van der Waals surface area contributed by atoms with Crippen molar-refractivity contribution in [2.75, 3.05) is 39.5 Å². The highest BCUT2D eigenvalue weighted by Gasteiger charge is 2.25. The molecule has 2 aliphatic rings. The molecule has 2 saturated heterocycles. The third kappa shape index (κ3) is 4.55. The van der Waals surface area contributed by atoms with Gasteiger partial charge in [-0.15, -0.1) is 0 Å². The van der Waals surface area contributed by atoms with Gasteiger partial charge in [-0.05, 0) is 59.8 Å². The standard InChI is InChI=1S/C23H22N4O4S/c28-22-21(32-23(29)25-22)14-16-1-6-19-20(13-16)27(15-24-19)17-2-4-18(5-3-17)31-12-9-26-7-10-30-11-8-26/h1-6,13-15H,7-12H2,(H,25,28,29)/b21-14-. The van der Waals surface area contributed by atoms with Gasteiger partial charge >= 0.3 is 0 Å². The van der Waals surface area contributed by atoms with E-state index in [0.717, 1.165) is 72.6 Å². The molecule has 0 aliphatic carbocycles. The molecule has 1 aromatic heterocycles. The predicted octanol–water partition coefficient (Wildman–Crippen LogP) is 3.06. The molecule has 0 radical (unpaired) electrons. The summed E-state index contributed by atoms with van der Waals surface area (Å²) in [5.74, 6) is 0.462. The van der Waals surface area contributed by atoms with Gasteiger partial charge in [0, 0.05) is 25.3 Å². The normalized spacial score (nSPS) is 18.4. The van der Waals surface area contributed by atoms with Gasteiger partial charge in [0.1, 0.15) is 18.7 Å². The lowest BCUT2D eigenvalue weighted by Gasteiger charge is -2.26. The van der Waals surface area contributed by atoms with Crippen molar-refractivity contribution in [2.24, 2.45) is 0 Å². The monoisotopic (exact) mass is 450 g/mol. The summed E-state index contributed by atoms with van der Waals surface area (Å²) in [7, 11) is 0. The molecular formula is C23H22N4O4S. The van der Waals surface area contributed by atoms with Gasteiger partial charge in [0.15, 0.2) is 0 Å². The predicted molar refractivity (Wildman–Crippen MR) is 123 cm³/mol. The lowest BCUT2D eigenvalue weighted by Crippen LogP contribution is -2.38. The fourth-order valence-corrected chi connectivity index (χ4v) is 4.40. The maximum Gasteiger partial charge on any atom is 0.290 e. The average Bonchev–Trinajstić information content (AvgIpc) is 3.37. The van der Waals surface area contributed by atoms with Crippen LogP contribution in [0.1, 0.15) is 5.56 Å². The van der Waals surface area contributed by atoms with Crippen molar-refractivity contribution in [3.63, 3.8) is 0 Å². The number of nitrogens with zero attached hydrogens (tertiary/aromatic N) is 3. The van der Waals surface area contributed by atoms with Gasteiger partial charge in [0.2, 0.25) is 0 Å². The molecule has 9 heteroatoms. The second kappa shape index (κ2) is 9.15. The molecule has 3 aromatic rings. The second-order valence-corrected chi connectivity index (χ2v) is 8.53. The number of nitrogens with one attached hydrogen (secondary N) is 1. The minimum absolute atomic E-state index is 0.348. The van der Waals surface area contributed by atoms with E-state index in [1.807, 2.05) is 47.0 Å². The van der Waals surface area contributed by atoms with Crippen LogP contribution in [0, 0.1) is 0 Å². The maximum absolute atomic E-state index is 11.8. The number of amides is 2. The number of ether oxygens (including phenoxy) is 2. The van der Waals surface area contributed by atoms with Crippen molar-refractivity contribution >= 4 is 40.0 Å². The minimum atomic E-state index is -0.363. The summed E-state index contributed by atoms with van der Waals surface area (Å²) in [6.07, 6.45) is 3.49. The molecule has 2 amide bonds. The summed E-state index contributed by atoms with van der Waals surface area (Å²) in [5.41, 5.74) is 3.54. The molecule has 8 nitrogen and oxygen atoms in total. The molecule has 1 N–H and O–H groups in total. The highest BCUT2D eigenvalue weighted by atomic mass is 32.2. The van der Waals surface area contributed by atoms with Crippen molar-refractivity contribution in [1.82, 2.24) is 19.8 Å². The molecule has 0 saturated carbocycles. The Morgan fingerprint density at radius 3 is 2.69 bits per heavy atom. The number of imide groups is 1. The Morgan fingerprint density at radius 1 is 1.12 bits per heavy atom. The van der Waals surface area contributed by atoms with Crippen LogP contribution in [0.25, 0.3) is 22.8 Å². The maximum atomic E-state index is 11.8. The Hall–Kier alpha value is -3.14. The van der Waals surface area contributed by atoms with E-state index in [9.17, 15) is 9.59 Å². The zero-order valence-corrected chi connectivity index (χ0v) is 18.1. The molecule has 5 rings (SSSR count). The lowest BCUT2D eigenvalue weighted by atomic mass is 10.1. The van der Waals surface area contributed by atoms with Crippen LogP contribution in [-0.2, 0) is 9.53 Å². The van der Waals surface area contributed by atoms with E-state index in [1.54, 1.807) is 12.4 Å². The van der Waals surface area contributed by atoms with E-state index in [4.69, 9.17) is 9.47 Å². The van der Waals surface area contributed by atoms with Crippen LogP contribution in [-0.4, -0.2) is 65.1 Å². The van der Waals surface area contributed by atoms with Gasteiger partial charge in [0.05, 0.1) is 29.2 Å². The van der Waals surface area contributed by atoms with Crippen molar-refractivity contribution in [2.45, 2.75) is 0 Å². The highest BCUT2D eigenvalue weighted by molar-refractivity contribution is 8.18. The minimum Gasteiger partial charge on any atom is -0.492 e. The van der Waals surface area contributed by atoms with Crippen LogP contribution in [0.2, 0.25) is 0 Å². The van der Waals surface area contributed by atoms with E-state index in [-0.39, 0.29) is 11.1 Å². The fourth-order valence-electron chi connectivity index (χ4n) is 3.71. The van der Waals surface area contributed by atoms with Gasteiger partial charge in [-0.1, -0.05) is 6.07 Å². The Balaban J connectivity index is 1.30. The average molecular weight is 451 g/mol. The van der Waals surface area contributed by atoms with Gasteiger partial charge in [0.25, 0.3) is 11.1 Å². The van der Waals surface area contributed by atoms with Crippen LogP contribution >= 0.6 is 11.8 Å². The summed E-state index contributed by atoms with van der Waals surface area (Å²) in [6, 6.07) is 13.6. The lowest BCUT2D eigenvalue weighted by molar-refractivity contribution is -0.115. The van der Waals surface area contributed by atoms with Crippen LogP contribution in [0.4, 0.5) is 4.79 Å². The topological polar surface area (TPSA) is 85.7 Å². The van der Waals surface area contributed by atoms with Crippen molar-refractivity contribution in [1.29, 1.82) is 0 Å². The molecule has 0 spiro atoms. The van der Waals surface area contributed by atoms with E-state index < -0.39 is 0 Å². The number of aromatic nitrogens is 2. The zero-order valence-electron chi connectivity index (χ0n) is 17.3. The highest BCUT2D eigenvalue weighted by Crippen LogP contribution is 2.27. The molecule has 2 aliphatic heterocycles. The first-order chi connectivity index (χ1) is 15.7. The number of carbonyl (C=O) groups is 2. The molecule has 164 valence electrons. The SMILES string of the molecule is O=C1NC(=O)/C(=C/c2ccc3ncn(-c4ccc(OCCN5CCOCC5)cc4)c3c2)S1. The van der Waals surface area contributed by atoms with Gasteiger partial charge in [-0.2, -0.15) is 0 Å². The summed E-state index contributed by atoms with van der Waals surface area (Å²) in [6.45, 7) is 5.01. The van der Waals surface area contributed by atoms with Gasteiger partial charge in [-0.25, -0.2) is 4.98 Å². The van der Waals surface area contributed by atoms with Gasteiger partial charge in [-0.3, -0.25) is 24.4 Å². The Kier molecular flexibility index (Phi) is 5.93. The number of hydrogen-bond acceptors (Lipinski definition) is 7. The first-order valence-electron chi connectivity index (χ1n) is 10.4. The van der Waals surface area contributed by atoms with E-state index in [2.05, 4.69) is 15.2 Å². The summed E-state index contributed by atoms with van der Waals surface area (Å²) in [5, 5.41) is 1.93. The molecule has 3 heterocycles. The first-order valence-corrected chi connectivity index (χ1v) is 11.2. The third-order valence-corrected chi connectivity index (χ3v) is 6.22. The third-order valence-electron chi connectivity index (χ3n) is 5.41. The largest absolute Gasteiger partial charge is 0.492 e. The summed E-state index contributed by atoms with van der Waals surface area (Å²) < 4.78 is 13.3. The quantitative estimate of drug-likeness (QED) is 0.578. The van der Waals surface area contributed by atoms with E-state index in [1.165, 1.54) is 0 Å². The molecule has 0 bridgehead atoms. The number of imidazole rings is 1. The van der Waals surface area contributed by atoms with Crippen LogP contribution in [0.3, 0.4) is 0 Å². The van der Waals surface area contributed by atoms with E-state index in [0.29, 0.717) is 11.5 Å². The molecule has 2 fully saturated rings. The second-order valence-electron chi connectivity index (χ2n) is 7.51. The molecular weight excluding hydrogens is 428 g/mol. The Labute approximate surface area is 189 Å². The van der Waals surface area contributed by atoms with Crippen molar-refractivity contribution in [3.05, 3.63) is 59.3 Å². The van der Waals surface area contributed by atoms with Crippen LogP contribution in [0.15, 0.2) is 53.7 Å². The molecule has 0 atom stereocenters. The van der Waals surface area contributed by atoms with Gasteiger partial charge < -0.3 is 9.47 Å². The van der Waals surface area contributed by atoms with Crippen molar-refractivity contribution < 1.29 is 19.1 Å². The number of carbonyl (C=O) groups excluding carboxylic acids is 2. The summed E-state index contributed by atoms with van der Waals surface area (Å²) in [4.78, 5) is 30.4. The smallest absolute Gasteiger partial charge is 0.290 e. The Morgan fingerprint density at radius 2 is 1.94 bits per heavy atom. The Bertz CT molecular complexity index is 1180. The number of morpholine rings is 1. The molecule has 32 heavy (non-hydrogen) atoms. The zero-order chi connectivity index (χ0) is 21.9. The van der Waals surface area contributed by atoms with Crippen molar-refractivity contribution in [3.8, 4) is 11.4 Å². The number of fused-ring (bicyclic) bond motifs is 1. The number of hydrogen-bond donors (Lipinski definition) is 1. The fraction of sp³-hybridized carbons (Fsp3) is 0.261. The number of rotatable bonds is 6. The van der Waals surface area contributed by atoms with E-state index >= 15 is 0 Å².